The monoisotopic (exact) mass is 329 g/mol. The van der Waals surface area contributed by atoms with E-state index in [1.807, 2.05) is 21.9 Å². The summed E-state index contributed by atoms with van der Waals surface area (Å²) < 4.78 is 0. The molecule has 1 aromatic heterocycles. The van der Waals surface area contributed by atoms with Crippen LogP contribution in [0.15, 0.2) is 18.3 Å². The van der Waals surface area contributed by atoms with Gasteiger partial charge in [0.05, 0.1) is 5.92 Å². The standard InChI is InChI=1S/C17H23N5O2/c23-16-10-12(11-22(16)14-3-4-14)17(24)21-8-5-13(6-9-21)19-15-2-1-7-18-20-15/h1-2,7,12-14H,3-6,8-11H2,(H,19,20)/t12-/m1/s1. The van der Waals surface area contributed by atoms with Gasteiger partial charge in [0.1, 0.15) is 5.82 Å². The predicted octanol–water partition coefficient (Wildman–Crippen LogP) is 0.890. The molecule has 128 valence electrons. The molecule has 0 spiro atoms. The molecule has 3 heterocycles. The average Bonchev–Trinajstić information content (AvgIpc) is 3.38. The lowest BCUT2D eigenvalue weighted by atomic mass is 10.0. The molecule has 7 nitrogen and oxygen atoms in total. The molecule has 2 saturated heterocycles. The van der Waals surface area contributed by atoms with Gasteiger partial charge in [0.2, 0.25) is 11.8 Å². The summed E-state index contributed by atoms with van der Waals surface area (Å²) in [7, 11) is 0. The smallest absolute Gasteiger partial charge is 0.227 e. The van der Waals surface area contributed by atoms with Crippen LogP contribution in [0.1, 0.15) is 32.1 Å². The third kappa shape index (κ3) is 3.20. The van der Waals surface area contributed by atoms with Crippen LogP contribution in [0.25, 0.3) is 0 Å². The largest absolute Gasteiger partial charge is 0.366 e. The first-order chi connectivity index (χ1) is 11.7. The van der Waals surface area contributed by atoms with Crippen LogP contribution in [-0.4, -0.2) is 63.5 Å². The number of likely N-dealkylation sites (tertiary alicyclic amines) is 2. The summed E-state index contributed by atoms with van der Waals surface area (Å²) in [4.78, 5) is 28.6. The highest BCUT2D eigenvalue weighted by Gasteiger charge is 2.43. The lowest BCUT2D eigenvalue weighted by molar-refractivity contribution is -0.136. The quantitative estimate of drug-likeness (QED) is 0.887. The van der Waals surface area contributed by atoms with Crippen LogP contribution in [0.2, 0.25) is 0 Å². The maximum atomic E-state index is 12.7. The fraction of sp³-hybridized carbons (Fsp3) is 0.647. The number of nitrogens with zero attached hydrogens (tertiary/aromatic N) is 4. The second-order valence-corrected chi connectivity index (χ2v) is 7.03. The first-order valence-electron chi connectivity index (χ1n) is 8.83. The number of piperidine rings is 1. The molecule has 7 heteroatoms. The minimum absolute atomic E-state index is 0.136. The van der Waals surface area contributed by atoms with Crippen LogP contribution in [0.4, 0.5) is 5.82 Å². The molecule has 2 aliphatic heterocycles. The molecule has 3 aliphatic rings. The maximum absolute atomic E-state index is 12.7. The Balaban J connectivity index is 1.28. The Morgan fingerprint density at radius 1 is 1.21 bits per heavy atom. The number of hydrogen-bond donors (Lipinski definition) is 1. The number of hydrogen-bond acceptors (Lipinski definition) is 5. The lowest BCUT2D eigenvalue weighted by Gasteiger charge is -2.34. The molecule has 24 heavy (non-hydrogen) atoms. The van der Waals surface area contributed by atoms with Gasteiger partial charge in [-0.05, 0) is 37.8 Å². The van der Waals surface area contributed by atoms with Gasteiger partial charge in [-0.2, -0.15) is 5.10 Å². The van der Waals surface area contributed by atoms with Crippen molar-refractivity contribution < 1.29 is 9.59 Å². The van der Waals surface area contributed by atoms with Crippen molar-refractivity contribution >= 4 is 17.6 Å². The van der Waals surface area contributed by atoms with Crippen molar-refractivity contribution in [2.45, 2.75) is 44.2 Å². The highest BCUT2D eigenvalue weighted by atomic mass is 16.2. The molecule has 0 radical (unpaired) electrons. The molecule has 0 bridgehead atoms. The minimum atomic E-state index is -0.136. The van der Waals surface area contributed by atoms with Crippen LogP contribution in [0.5, 0.6) is 0 Å². The van der Waals surface area contributed by atoms with Gasteiger partial charge in [0.15, 0.2) is 0 Å². The molecular formula is C17H23N5O2. The normalized spacial score (nSPS) is 25.2. The van der Waals surface area contributed by atoms with Crippen molar-refractivity contribution in [1.82, 2.24) is 20.0 Å². The summed E-state index contributed by atoms with van der Waals surface area (Å²) in [6.07, 6.45) is 6.05. The van der Waals surface area contributed by atoms with Crippen molar-refractivity contribution in [1.29, 1.82) is 0 Å². The summed E-state index contributed by atoms with van der Waals surface area (Å²) in [6, 6.07) is 4.49. The number of anilines is 1. The summed E-state index contributed by atoms with van der Waals surface area (Å²) in [5.41, 5.74) is 0. The SMILES string of the molecule is O=C([C@@H]1CC(=O)N(C2CC2)C1)N1CCC(Nc2cccnn2)CC1. The highest BCUT2D eigenvalue weighted by molar-refractivity contribution is 5.89. The van der Waals surface area contributed by atoms with E-state index in [1.54, 1.807) is 6.20 Å². The zero-order valence-electron chi connectivity index (χ0n) is 13.7. The summed E-state index contributed by atoms with van der Waals surface area (Å²) in [5.74, 6) is 0.964. The fourth-order valence-corrected chi connectivity index (χ4v) is 3.73. The van der Waals surface area contributed by atoms with Crippen LogP contribution < -0.4 is 5.32 Å². The third-order valence-corrected chi connectivity index (χ3v) is 5.23. The molecule has 4 rings (SSSR count). The van der Waals surface area contributed by atoms with E-state index in [-0.39, 0.29) is 17.7 Å². The first kappa shape index (κ1) is 15.4. The Hall–Kier alpha value is -2.18. The highest BCUT2D eigenvalue weighted by Crippen LogP contribution is 2.33. The minimum Gasteiger partial charge on any atom is -0.366 e. The molecule has 1 atom stereocenters. The van der Waals surface area contributed by atoms with Gasteiger partial charge in [0, 0.05) is 44.3 Å². The van der Waals surface area contributed by atoms with E-state index >= 15 is 0 Å². The molecule has 1 saturated carbocycles. The zero-order valence-corrected chi connectivity index (χ0v) is 13.7. The Labute approximate surface area is 141 Å². The molecule has 1 aromatic rings. The molecule has 0 unspecified atom stereocenters. The molecule has 1 aliphatic carbocycles. The van der Waals surface area contributed by atoms with Crippen LogP contribution >= 0.6 is 0 Å². The van der Waals surface area contributed by atoms with Crippen LogP contribution in [0.3, 0.4) is 0 Å². The second kappa shape index (κ2) is 6.37. The van der Waals surface area contributed by atoms with E-state index in [0.29, 0.717) is 25.0 Å². The lowest BCUT2D eigenvalue weighted by Crippen LogP contribution is -2.45. The molecule has 1 N–H and O–H groups in total. The van der Waals surface area contributed by atoms with E-state index in [9.17, 15) is 9.59 Å². The summed E-state index contributed by atoms with van der Waals surface area (Å²) in [6.45, 7) is 2.11. The number of carbonyl (C=O) groups excluding carboxylic acids is 2. The average molecular weight is 329 g/mol. The number of nitrogens with one attached hydrogen (secondary N) is 1. The van der Waals surface area contributed by atoms with Gasteiger partial charge in [-0.25, -0.2) is 0 Å². The number of carbonyl (C=O) groups is 2. The van der Waals surface area contributed by atoms with E-state index in [0.717, 1.165) is 44.6 Å². The number of rotatable bonds is 4. The Morgan fingerprint density at radius 3 is 2.67 bits per heavy atom. The molecule has 0 aromatic carbocycles. The van der Waals surface area contributed by atoms with E-state index < -0.39 is 0 Å². The van der Waals surface area contributed by atoms with Crippen molar-refractivity contribution in [3.05, 3.63) is 18.3 Å². The van der Waals surface area contributed by atoms with E-state index in [1.165, 1.54) is 0 Å². The van der Waals surface area contributed by atoms with Crippen LogP contribution in [0, 0.1) is 5.92 Å². The van der Waals surface area contributed by atoms with Gasteiger partial charge in [-0.3, -0.25) is 9.59 Å². The van der Waals surface area contributed by atoms with Crippen molar-refractivity contribution in [3.8, 4) is 0 Å². The Morgan fingerprint density at radius 2 is 2.00 bits per heavy atom. The van der Waals surface area contributed by atoms with Gasteiger partial charge < -0.3 is 15.1 Å². The molecule has 3 fully saturated rings. The van der Waals surface area contributed by atoms with Gasteiger partial charge in [0.25, 0.3) is 0 Å². The number of amides is 2. The molecular weight excluding hydrogens is 306 g/mol. The van der Waals surface area contributed by atoms with E-state index in [2.05, 4.69) is 15.5 Å². The predicted molar refractivity (Wildman–Crippen MR) is 88.1 cm³/mol. The van der Waals surface area contributed by atoms with Crippen LogP contribution in [-0.2, 0) is 9.59 Å². The van der Waals surface area contributed by atoms with Gasteiger partial charge >= 0.3 is 0 Å². The molecule has 2 amide bonds. The summed E-state index contributed by atoms with van der Waals surface area (Å²) >= 11 is 0. The van der Waals surface area contributed by atoms with Crippen molar-refractivity contribution in [2.75, 3.05) is 25.0 Å². The Kier molecular flexibility index (Phi) is 4.08. The number of aromatic nitrogens is 2. The summed E-state index contributed by atoms with van der Waals surface area (Å²) in [5, 5.41) is 11.3. The van der Waals surface area contributed by atoms with Gasteiger partial charge in [-0.15, -0.1) is 5.10 Å². The van der Waals surface area contributed by atoms with Crippen molar-refractivity contribution in [3.63, 3.8) is 0 Å². The first-order valence-corrected chi connectivity index (χ1v) is 8.83. The maximum Gasteiger partial charge on any atom is 0.227 e. The second-order valence-electron chi connectivity index (χ2n) is 7.03. The zero-order chi connectivity index (χ0) is 16.5. The van der Waals surface area contributed by atoms with Crippen molar-refractivity contribution in [2.24, 2.45) is 5.92 Å². The topological polar surface area (TPSA) is 78.4 Å². The Bertz CT molecular complexity index is 611. The van der Waals surface area contributed by atoms with Gasteiger partial charge in [-0.1, -0.05) is 0 Å². The van der Waals surface area contributed by atoms with E-state index in [4.69, 9.17) is 0 Å². The fourth-order valence-electron chi connectivity index (χ4n) is 3.73. The third-order valence-electron chi connectivity index (χ3n) is 5.23.